The van der Waals surface area contributed by atoms with Crippen LogP contribution in [-0.4, -0.2) is 35.9 Å². The first-order valence-corrected chi connectivity index (χ1v) is 5.45. The van der Waals surface area contributed by atoms with Crippen LogP contribution >= 0.6 is 0 Å². The number of alkyl halides is 2. The highest BCUT2D eigenvalue weighted by atomic mass is 19.2. The lowest BCUT2D eigenvalue weighted by Crippen LogP contribution is -2.55. The molecule has 14 heavy (non-hydrogen) atoms. The Bertz CT molecular complexity index is 194. The van der Waals surface area contributed by atoms with E-state index in [9.17, 15) is 8.78 Å². The summed E-state index contributed by atoms with van der Waals surface area (Å²) < 4.78 is 27.8. The molecule has 0 radical (unpaired) electrons. The average Bonchev–Trinajstić information content (AvgIpc) is 2.09. The van der Waals surface area contributed by atoms with E-state index in [1.165, 1.54) is 0 Å². The second kappa shape index (κ2) is 4.13. The molecule has 1 heterocycles. The molecular weight excluding hydrogens is 184 g/mol. The Morgan fingerprint density at radius 3 is 2.21 bits per heavy atom. The molecule has 1 saturated heterocycles. The molecule has 1 fully saturated rings. The van der Waals surface area contributed by atoms with Gasteiger partial charge in [-0.3, -0.25) is 4.90 Å². The number of halogens is 2. The lowest BCUT2D eigenvalue weighted by Gasteiger charge is -2.42. The summed E-state index contributed by atoms with van der Waals surface area (Å²) in [6, 6.07) is 0.310. The Labute approximate surface area is 85.5 Å². The van der Waals surface area contributed by atoms with Crippen molar-refractivity contribution in [3.8, 4) is 0 Å². The van der Waals surface area contributed by atoms with Crippen molar-refractivity contribution in [1.82, 2.24) is 4.90 Å². The third kappa shape index (κ3) is 2.08. The van der Waals surface area contributed by atoms with Crippen molar-refractivity contribution in [2.24, 2.45) is 5.92 Å². The average molecular weight is 205 g/mol. The predicted molar refractivity (Wildman–Crippen MR) is 54.9 cm³/mol. The van der Waals surface area contributed by atoms with Gasteiger partial charge >= 0.3 is 0 Å². The van der Waals surface area contributed by atoms with Crippen LogP contribution in [-0.2, 0) is 0 Å². The van der Waals surface area contributed by atoms with Gasteiger partial charge in [0.15, 0.2) is 0 Å². The van der Waals surface area contributed by atoms with E-state index in [-0.39, 0.29) is 12.5 Å². The van der Waals surface area contributed by atoms with E-state index in [4.69, 9.17) is 0 Å². The van der Waals surface area contributed by atoms with E-state index in [1.807, 2.05) is 18.7 Å². The molecule has 1 aliphatic heterocycles. The van der Waals surface area contributed by atoms with E-state index in [0.29, 0.717) is 19.0 Å². The standard InChI is InChI=1S/C11H21F2N/c1-8(2)11(13)5-6-14(9(3)4)7-10(11)12/h8-10H,5-7H2,1-4H3. The SMILES string of the molecule is CC(C)N1CCC(F)(C(C)C)C(F)C1. The molecule has 2 atom stereocenters. The monoisotopic (exact) mass is 205 g/mol. The van der Waals surface area contributed by atoms with Crippen LogP contribution in [0.1, 0.15) is 34.1 Å². The molecule has 0 aromatic heterocycles. The minimum Gasteiger partial charge on any atom is -0.298 e. The third-order valence-corrected chi connectivity index (χ3v) is 3.39. The summed E-state index contributed by atoms with van der Waals surface area (Å²) in [7, 11) is 0. The second-order valence-corrected chi connectivity index (χ2v) is 4.89. The first-order chi connectivity index (χ1) is 6.38. The fourth-order valence-electron chi connectivity index (χ4n) is 2.04. The number of piperidine rings is 1. The summed E-state index contributed by atoms with van der Waals surface area (Å²) in [6.07, 6.45) is -1.01. The quantitative estimate of drug-likeness (QED) is 0.670. The highest BCUT2D eigenvalue weighted by Crippen LogP contribution is 2.36. The van der Waals surface area contributed by atoms with Crippen LogP contribution in [0.2, 0.25) is 0 Å². The fourth-order valence-corrected chi connectivity index (χ4v) is 2.04. The zero-order valence-electron chi connectivity index (χ0n) is 9.56. The molecule has 2 unspecified atom stereocenters. The Morgan fingerprint density at radius 1 is 1.29 bits per heavy atom. The van der Waals surface area contributed by atoms with Crippen LogP contribution in [0, 0.1) is 5.92 Å². The topological polar surface area (TPSA) is 3.24 Å². The molecule has 0 bridgehead atoms. The number of rotatable bonds is 2. The van der Waals surface area contributed by atoms with Crippen molar-refractivity contribution < 1.29 is 8.78 Å². The van der Waals surface area contributed by atoms with E-state index in [1.54, 1.807) is 13.8 Å². The van der Waals surface area contributed by atoms with E-state index in [0.717, 1.165) is 0 Å². The van der Waals surface area contributed by atoms with Gasteiger partial charge in [-0.1, -0.05) is 13.8 Å². The summed E-state index contributed by atoms with van der Waals surface area (Å²) in [6.45, 7) is 8.48. The van der Waals surface area contributed by atoms with Crippen molar-refractivity contribution in [3.63, 3.8) is 0 Å². The zero-order valence-corrected chi connectivity index (χ0v) is 9.56. The van der Waals surface area contributed by atoms with Crippen molar-refractivity contribution >= 4 is 0 Å². The van der Waals surface area contributed by atoms with Gasteiger partial charge in [-0.05, 0) is 26.2 Å². The molecule has 0 N–H and O–H groups in total. The van der Waals surface area contributed by atoms with Gasteiger partial charge in [-0.25, -0.2) is 8.78 Å². The highest BCUT2D eigenvalue weighted by molar-refractivity contribution is 4.96. The normalized spacial score (nSPS) is 35.6. The Hall–Kier alpha value is -0.180. The van der Waals surface area contributed by atoms with Gasteiger partial charge in [-0.2, -0.15) is 0 Å². The molecule has 1 rings (SSSR count). The first kappa shape index (κ1) is 11.9. The summed E-state index contributed by atoms with van der Waals surface area (Å²) >= 11 is 0. The molecule has 0 amide bonds. The maximum Gasteiger partial charge on any atom is 0.147 e. The zero-order chi connectivity index (χ0) is 10.9. The molecular formula is C11H21F2N. The molecule has 1 aliphatic rings. The van der Waals surface area contributed by atoms with Gasteiger partial charge in [0.05, 0.1) is 0 Å². The Kier molecular flexibility index (Phi) is 3.51. The smallest absolute Gasteiger partial charge is 0.147 e. The molecule has 0 aliphatic carbocycles. The van der Waals surface area contributed by atoms with Crippen LogP contribution in [0.25, 0.3) is 0 Å². The summed E-state index contributed by atoms with van der Waals surface area (Å²) in [5.41, 5.74) is -1.61. The maximum absolute atomic E-state index is 14.1. The molecule has 0 aromatic carbocycles. The van der Waals surface area contributed by atoms with Crippen LogP contribution in [0.15, 0.2) is 0 Å². The molecule has 0 spiro atoms. The van der Waals surface area contributed by atoms with Crippen LogP contribution in [0.3, 0.4) is 0 Å². The van der Waals surface area contributed by atoms with Gasteiger partial charge in [0.25, 0.3) is 0 Å². The number of hydrogen-bond acceptors (Lipinski definition) is 1. The Balaban J connectivity index is 2.64. The minimum atomic E-state index is -1.61. The summed E-state index contributed by atoms with van der Waals surface area (Å²) in [4.78, 5) is 2.00. The van der Waals surface area contributed by atoms with Crippen molar-refractivity contribution in [2.45, 2.75) is 52.0 Å². The molecule has 3 heteroatoms. The largest absolute Gasteiger partial charge is 0.298 e. The van der Waals surface area contributed by atoms with Gasteiger partial charge in [0.2, 0.25) is 0 Å². The van der Waals surface area contributed by atoms with Crippen LogP contribution in [0.4, 0.5) is 8.78 Å². The highest BCUT2D eigenvalue weighted by Gasteiger charge is 2.46. The van der Waals surface area contributed by atoms with Crippen molar-refractivity contribution in [3.05, 3.63) is 0 Å². The molecule has 1 nitrogen and oxygen atoms in total. The first-order valence-electron chi connectivity index (χ1n) is 5.45. The predicted octanol–water partition coefficient (Wildman–Crippen LogP) is 2.80. The van der Waals surface area contributed by atoms with Gasteiger partial charge in [0.1, 0.15) is 11.8 Å². The molecule has 84 valence electrons. The number of nitrogens with zero attached hydrogens (tertiary/aromatic N) is 1. The van der Waals surface area contributed by atoms with Gasteiger partial charge in [0, 0.05) is 19.1 Å². The second-order valence-electron chi connectivity index (χ2n) is 4.89. The van der Waals surface area contributed by atoms with E-state index >= 15 is 0 Å². The van der Waals surface area contributed by atoms with E-state index in [2.05, 4.69) is 0 Å². The molecule has 0 saturated carbocycles. The van der Waals surface area contributed by atoms with Gasteiger partial charge in [-0.15, -0.1) is 0 Å². The number of hydrogen-bond donors (Lipinski definition) is 0. The summed E-state index contributed by atoms with van der Waals surface area (Å²) in [5.74, 6) is -0.230. The lowest BCUT2D eigenvalue weighted by atomic mass is 9.81. The Morgan fingerprint density at radius 2 is 1.86 bits per heavy atom. The molecule has 0 aromatic rings. The number of likely N-dealkylation sites (tertiary alicyclic amines) is 1. The van der Waals surface area contributed by atoms with Gasteiger partial charge < -0.3 is 0 Å². The van der Waals surface area contributed by atoms with Crippen LogP contribution in [0.5, 0.6) is 0 Å². The lowest BCUT2D eigenvalue weighted by molar-refractivity contribution is -0.0597. The third-order valence-electron chi connectivity index (χ3n) is 3.39. The van der Waals surface area contributed by atoms with Crippen molar-refractivity contribution in [2.75, 3.05) is 13.1 Å². The van der Waals surface area contributed by atoms with Crippen molar-refractivity contribution in [1.29, 1.82) is 0 Å². The fraction of sp³-hybridized carbons (Fsp3) is 1.00. The summed E-state index contributed by atoms with van der Waals surface area (Å²) in [5, 5.41) is 0. The van der Waals surface area contributed by atoms with E-state index < -0.39 is 11.8 Å². The maximum atomic E-state index is 14.1. The van der Waals surface area contributed by atoms with Crippen LogP contribution < -0.4 is 0 Å². The minimum absolute atomic E-state index is 0.230.